The summed E-state index contributed by atoms with van der Waals surface area (Å²) in [4.78, 5) is 24.8. The minimum Gasteiger partial charge on any atom is -0.266 e. The van der Waals surface area contributed by atoms with E-state index in [2.05, 4.69) is 22.6 Å². The number of benzene rings is 3. The molecule has 152 valence electrons. The Morgan fingerprint density at radius 1 is 1.06 bits per heavy atom. The molecule has 0 spiro atoms. The molecule has 1 aliphatic heterocycles. The molecular weight excluding hydrogens is 453 g/mol. The highest BCUT2D eigenvalue weighted by Gasteiger charge is 2.34. The molecule has 1 aromatic heterocycles. The normalized spacial score (nSPS) is 15.2. The lowest BCUT2D eigenvalue weighted by Gasteiger charge is -2.14. The number of carbonyl (C=O) groups is 1. The van der Waals surface area contributed by atoms with Gasteiger partial charge in [0.2, 0.25) is 0 Å². The molecule has 1 amide bonds. The van der Waals surface area contributed by atoms with Crippen molar-refractivity contribution in [3.8, 4) is 0 Å². The highest BCUT2D eigenvalue weighted by molar-refractivity contribution is 7.80. The van der Waals surface area contributed by atoms with E-state index in [1.807, 2.05) is 54.6 Å². The maximum Gasteiger partial charge on any atom is 0.284 e. The van der Waals surface area contributed by atoms with Gasteiger partial charge in [0.25, 0.3) is 5.91 Å². The third-order valence-corrected chi connectivity index (χ3v) is 6.43. The van der Waals surface area contributed by atoms with Crippen molar-refractivity contribution < 1.29 is 9.18 Å². The predicted octanol–water partition coefficient (Wildman–Crippen LogP) is 6.21. The minimum atomic E-state index is -0.528. The second-order valence-corrected chi connectivity index (χ2v) is 8.66. The molecule has 0 aliphatic carbocycles. The summed E-state index contributed by atoms with van der Waals surface area (Å²) in [7, 11) is 0. The first-order valence-corrected chi connectivity index (χ1v) is 10.9. The molecule has 0 bridgehead atoms. The number of hydrogen-bond acceptors (Lipinski definition) is 5. The Labute approximate surface area is 191 Å². The quantitative estimate of drug-likeness (QED) is 0.288. The van der Waals surface area contributed by atoms with E-state index >= 15 is 0 Å². The number of amides is 1. The van der Waals surface area contributed by atoms with Crippen LogP contribution in [0, 0.1) is 5.82 Å². The molecule has 2 heterocycles. The number of nitrogens with zero attached hydrogens (tertiary/aromatic N) is 3. The van der Waals surface area contributed by atoms with Gasteiger partial charge in [-0.25, -0.2) is 19.3 Å². The van der Waals surface area contributed by atoms with E-state index in [1.165, 1.54) is 28.4 Å². The number of fused-ring (bicyclic) bond motifs is 1. The lowest BCUT2D eigenvalue weighted by Crippen LogP contribution is -2.32. The van der Waals surface area contributed by atoms with E-state index < -0.39 is 5.82 Å². The van der Waals surface area contributed by atoms with Gasteiger partial charge in [0.1, 0.15) is 17.3 Å². The maximum absolute atomic E-state index is 13.9. The third-order valence-electron chi connectivity index (χ3n) is 4.73. The zero-order valence-electron chi connectivity index (χ0n) is 15.8. The van der Waals surface area contributed by atoms with E-state index in [0.29, 0.717) is 21.2 Å². The van der Waals surface area contributed by atoms with Crippen LogP contribution in [0.25, 0.3) is 16.3 Å². The number of halogens is 2. The molecule has 3 aromatic carbocycles. The number of amidine groups is 1. The Hall–Kier alpha value is -3.00. The number of thiol groups is 1. The first kappa shape index (κ1) is 19.9. The highest BCUT2D eigenvalue weighted by Crippen LogP contribution is 2.36. The summed E-state index contributed by atoms with van der Waals surface area (Å²) < 4.78 is 14.5. The smallest absolute Gasteiger partial charge is 0.266 e. The number of aromatic nitrogens is 1. The van der Waals surface area contributed by atoms with Gasteiger partial charge in [-0.05, 0) is 29.8 Å². The van der Waals surface area contributed by atoms with Gasteiger partial charge in [-0.1, -0.05) is 71.5 Å². The number of hydrogen-bond donors (Lipinski definition) is 1. The van der Waals surface area contributed by atoms with Crippen LogP contribution in [0.4, 0.5) is 9.52 Å². The van der Waals surface area contributed by atoms with Crippen molar-refractivity contribution in [3.63, 3.8) is 0 Å². The zero-order valence-corrected chi connectivity index (χ0v) is 18.3. The van der Waals surface area contributed by atoms with E-state index in [0.717, 1.165) is 16.0 Å². The van der Waals surface area contributed by atoms with Crippen LogP contribution in [0.3, 0.4) is 0 Å². The van der Waals surface area contributed by atoms with Crippen LogP contribution in [0.5, 0.6) is 0 Å². The van der Waals surface area contributed by atoms with Gasteiger partial charge >= 0.3 is 0 Å². The Balaban J connectivity index is 1.66. The standard InChI is InChI=1S/C23H13ClFN3OS2/c24-15-11-17-20(12-16(15)25)31-23(27-17)28-21(13-6-2-1-3-7-13)26-18(22(28)29)10-14-8-4-5-9-19(14)30/h1-12,30H. The topological polar surface area (TPSA) is 45.6 Å². The SMILES string of the molecule is O=C1C(=Cc2ccccc2S)N=C(c2ccccc2)N1c1nc2cc(Cl)c(F)cc2s1. The molecule has 1 aliphatic rings. The zero-order chi connectivity index (χ0) is 21.5. The summed E-state index contributed by atoms with van der Waals surface area (Å²) in [6.07, 6.45) is 1.71. The molecule has 0 saturated heterocycles. The number of thiazole rings is 1. The van der Waals surface area contributed by atoms with Crippen molar-refractivity contribution in [2.75, 3.05) is 4.90 Å². The molecule has 0 unspecified atom stereocenters. The number of carbonyl (C=O) groups excluding carboxylic acids is 1. The van der Waals surface area contributed by atoms with Crippen molar-refractivity contribution in [3.05, 3.63) is 94.4 Å². The van der Waals surface area contributed by atoms with Crippen LogP contribution in [0.1, 0.15) is 11.1 Å². The highest BCUT2D eigenvalue weighted by atomic mass is 35.5. The fraction of sp³-hybridized carbons (Fsp3) is 0. The minimum absolute atomic E-state index is 0.0139. The first-order chi connectivity index (χ1) is 15.0. The van der Waals surface area contributed by atoms with Crippen molar-refractivity contribution in [1.82, 2.24) is 4.98 Å². The Morgan fingerprint density at radius 3 is 2.58 bits per heavy atom. The van der Waals surface area contributed by atoms with Crippen LogP contribution < -0.4 is 4.90 Å². The van der Waals surface area contributed by atoms with E-state index in [-0.39, 0.29) is 16.6 Å². The predicted molar refractivity (Wildman–Crippen MR) is 127 cm³/mol. The summed E-state index contributed by atoms with van der Waals surface area (Å²) in [5.74, 6) is -0.389. The molecule has 0 fully saturated rings. The Bertz CT molecular complexity index is 1360. The lowest BCUT2D eigenvalue weighted by atomic mass is 10.2. The molecule has 0 saturated carbocycles. The van der Waals surface area contributed by atoms with Crippen molar-refractivity contribution >= 4 is 68.7 Å². The second kappa shape index (κ2) is 7.92. The van der Waals surface area contributed by atoms with Crippen molar-refractivity contribution in [1.29, 1.82) is 0 Å². The van der Waals surface area contributed by atoms with Gasteiger partial charge in [0, 0.05) is 10.5 Å². The summed E-state index contributed by atoms with van der Waals surface area (Å²) in [5, 5.41) is 0.381. The van der Waals surface area contributed by atoms with Gasteiger partial charge in [-0.3, -0.25) is 4.79 Å². The summed E-state index contributed by atoms with van der Waals surface area (Å²) in [6.45, 7) is 0. The average molecular weight is 466 g/mol. The number of rotatable bonds is 3. The van der Waals surface area contributed by atoms with Crippen molar-refractivity contribution in [2.45, 2.75) is 4.90 Å². The first-order valence-electron chi connectivity index (χ1n) is 9.25. The molecule has 5 rings (SSSR count). The van der Waals surface area contributed by atoms with Crippen molar-refractivity contribution in [2.24, 2.45) is 4.99 Å². The summed E-state index contributed by atoms with van der Waals surface area (Å²) in [6, 6.07) is 19.6. The van der Waals surface area contributed by atoms with Gasteiger partial charge in [0.05, 0.1) is 15.2 Å². The second-order valence-electron chi connectivity index (χ2n) is 6.76. The third kappa shape index (κ3) is 3.65. The molecule has 31 heavy (non-hydrogen) atoms. The van der Waals surface area contributed by atoms with Gasteiger partial charge in [-0.2, -0.15) is 0 Å². The molecule has 0 atom stereocenters. The maximum atomic E-state index is 13.9. The van der Waals surface area contributed by atoms with E-state index in [1.54, 1.807) is 6.08 Å². The number of anilines is 1. The monoisotopic (exact) mass is 465 g/mol. The fourth-order valence-corrected chi connectivity index (χ4v) is 4.59. The molecule has 8 heteroatoms. The van der Waals surface area contributed by atoms with E-state index in [9.17, 15) is 9.18 Å². The van der Waals surface area contributed by atoms with E-state index in [4.69, 9.17) is 11.6 Å². The lowest BCUT2D eigenvalue weighted by molar-refractivity contribution is -0.113. The molecular formula is C23H13ClFN3OS2. The van der Waals surface area contributed by atoms with Gasteiger partial charge in [0.15, 0.2) is 5.13 Å². The van der Waals surface area contributed by atoms with Crippen LogP contribution in [0.15, 0.2) is 82.3 Å². The van der Waals surface area contributed by atoms with Crippen LogP contribution in [0.2, 0.25) is 5.02 Å². The van der Waals surface area contributed by atoms with Gasteiger partial charge < -0.3 is 0 Å². The molecule has 0 radical (unpaired) electrons. The van der Waals surface area contributed by atoms with Crippen LogP contribution in [-0.4, -0.2) is 16.7 Å². The Kier molecular flexibility index (Phi) is 5.09. The van der Waals surface area contributed by atoms with Crippen LogP contribution in [-0.2, 0) is 4.79 Å². The fourth-order valence-electron chi connectivity index (χ4n) is 3.24. The average Bonchev–Trinajstić information content (AvgIpc) is 3.31. The largest absolute Gasteiger partial charge is 0.284 e. The van der Waals surface area contributed by atoms with Gasteiger partial charge in [-0.15, -0.1) is 12.6 Å². The molecule has 4 nitrogen and oxygen atoms in total. The van der Waals surface area contributed by atoms with Crippen LogP contribution >= 0.6 is 35.6 Å². The molecule has 4 aromatic rings. The summed E-state index contributed by atoms with van der Waals surface area (Å²) >= 11 is 11.6. The number of aliphatic imine (C=N–C) groups is 1. The Morgan fingerprint density at radius 2 is 1.81 bits per heavy atom. The summed E-state index contributed by atoms with van der Waals surface area (Å²) in [5.41, 5.74) is 2.33. The molecule has 0 N–H and O–H groups in total.